The van der Waals surface area contributed by atoms with Gasteiger partial charge in [0.2, 0.25) is 4.45 Å². The highest BCUT2D eigenvalue weighted by Crippen LogP contribution is 2.31. The zero-order valence-electron chi connectivity index (χ0n) is 6.98. The Morgan fingerprint density at radius 1 is 1.69 bits per heavy atom. The molecule has 6 heteroatoms. The van der Waals surface area contributed by atoms with Gasteiger partial charge in [-0.1, -0.05) is 24.4 Å². The maximum absolute atomic E-state index is 10.6. The van der Waals surface area contributed by atoms with Crippen molar-refractivity contribution in [2.24, 2.45) is 0 Å². The molecular weight excluding hydrogens is 210 g/mol. The summed E-state index contributed by atoms with van der Waals surface area (Å²) in [6.45, 7) is 1.52. The van der Waals surface area contributed by atoms with Crippen LogP contribution < -0.4 is 0 Å². The topological polar surface area (TPSA) is 78.2 Å². The van der Waals surface area contributed by atoms with Gasteiger partial charge in [0, 0.05) is 6.42 Å². The van der Waals surface area contributed by atoms with Crippen LogP contribution in [0.15, 0.2) is 0 Å². The molecule has 0 fully saturated rings. The first kappa shape index (κ1) is 12.3. The van der Waals surface area contributed by atoms with E-state index in [-0.39, 0.29) is 12.8 Å². The van der Waals surface area contributed by atoms with Gasteiger partial charge in [-0.25, -0.2) is 0 Å². The van der Waals surface area contributed by atoms with Gasteiger partial charge in [0.15, 0.2) is 0 Å². The molecule has 72 valence electrons. The average molecular weight is 219 g/mol. The molecule has 1 N–H and O–H groups in total. The number of nitriles is 1. The monoisotopic (exact) mass is 219 g/mol. The van der Waals surface area contributed by atoms with Gasteiger partial charge in [0.25, 0.3) is 0 Å². The minimum Gasteiger partial charge on any atom is -0.481 e. The first-order valence-electron chi connectivity index (χ1n) is 3.44. The van der Waals surface area contributed by atoms with Crippen molar-refractivity contribution in [2.45, 2.75) is 24.5 Å². The van der Waals surface area contributed by atoms with E-state index in [1.165, 1.54) is 6.92 Å². The summed E-state index contributed by atoms with van der Waals surface area (Å²) < 4.78 is -1.47. The van der Waals surface area contributed by atoms with E-state index >= 15 is 0 Å². The third-order valence-corrected chi connectivity index (χ3v) is 2.56. The number of carboxylic acid groups (broad SMARTS) is 1. The van der Waals surface area contributed by atoms with E-state index in [0.29, 0.717) is 0 Å². The average Bonchev–Trinajstić information content (AvgIpc) is 2.00. The van der Waals surface area contributed by atoms with Crippen LogP contribution in [0.4, 0.5) is 4.79 Å². The molecule has 4 nitrogen and oxygen atoms in total. The second kappa shape index (κ2) is 5.14. The standard InChI is InChI=1S/C7H9NO3S2/c1-7(4-8,13-6(11)12)3-2-5(9)10/h2-3H2,1H3,(H,9,10)(H,11,12). The molecule has 1 atom stereocenters. The second-order valence-electron chi connectivity index (χ2n) is 2.60. The van der Waals surface area contributed by atoms with Crippen molar-refractivity contribution < 1.29 is 14.7 Å². The fourth-order valence-electron chi connectivity index (χ4n) is 0.668. The van der Waals surface area contributed by atoms with Crippen LogP contribution in [0.1, 0.15) is 19.8 Å². The highest BCUT2D eigenvalue weighted by atomic mass is 32.2. The zero-order chi connectivity index (χ0) is 10.5. The molecule has 1 unspecified atom stereocenters. The van der Waals surface area contributed by atoms with Crippen LogP contribution in [0.25, 0.3) is 0 Å². The third kappa shape index (κ3) is 5.55. The van der Waals surface area contributed by atoms with Gasteiger partial charge in [-0.3, -0.25) is 9.59 Å². The summed E-state index contributed by atoms with van der Waals surface area (Å²) in [6, 6.07) is 1.90. The molecule has 0 heterocycles. The maximum atomic E-state index is 10.6. The van der Waals surface area contributed by atoms with Crippen molar-refractivity contribution in [2.75, 3.05) is 0 Å². The summed E-state index contributed by atoms with van der Waals surface area (Å²) in [5.74, 6) is -0.978. The number of rotatable bonds is 4. The summed E-state index contributed by atoms with van der Waals surface area (Å²) in [7, 11) is 0. The lowest BCUT2D eigenvalue weighted by Crippen LogP contribution is -2.19. The molecule has 0 aliphatic heterocycles. The van der Waals surface area contributed by atoms with E-state index in [1.807, 2.05) is 6.07 Å². The molecule has 0 amide bonds. The summed E-state index contributed by atoms with van der Waals surface area (Å²) in [5, 5.41) is 17.1. The summed E-state index contributed by atoms with van der Waals surface area (Å²) in [6.07, 6.45) is 0.00785. The van der Waals surface area contributed by atoms with Gasteiger partial charge in [-0.05, 0) is 13.3 Å². The molecule has 0 radical (unpaired) electrons. The lowest BCUT2D eigenvalue weighted by Gasteiger charge is -2.16. The Morgan fingerprint density at radius 3 is 2.54 bits per heavy atom. The van der Waals surface area contributed by atoms with Crippen molar-refractivity contribution in [1.82, 2.24) is 0 Å². The lowest BCUT2D eigenvalue weighted by molar-refractivity contribution is -0.137. The van der Waals surface area contributed by atoms with Crippen LogP contribution in [-0.4, -0.2) is 20.3 Å². The predicted octanol–water partition coefficient (Wildman–Crippen LogP) is 1.92. The minimum absolute atomic E-state index is 0.127. The highest BCUT2D eigenvalue weighted by molar-refractivity contribution is 8.32. The van der Waals surface area contributed by atoms with Crippen molar-refractivity contribution in [3.8, 4) is 6.07 Å². The molecule has 0 spiro atoms. The van der Waals surface area contributed by atoms with Gasteiger partial charge in [-0.2, -0.15) is 5.26 Å². The number of carbonyl (C=O) groups is 2. The van der Waals surface area contributed by atoms with Crippen molar-refractivity contribution >= 4 is 34.8 Å². The highest BCUT2D eigenvalue weighted by Gasteiger charge is 2.27. The van der Waals surface area contributed by atoms with Crippen LogP contribution in [-0.2, 0) is 4.79 Å². The Bertz CT molecular complexity index is 261. The Labute approximate surface area is 85.7 Å². The molecular formula is C7H9NO3S2. The fraction of sp³-hybridized carbons (Fsp3) is 0.571. The number of hydrogen-bond acceptors (Lipinski definition) is 4. The van der Waals surface area contributed by atoms with Crippen LogP contribution in [0, 0.1) is 11.3 Å². The zero-order valence-corrected chi connectivity index (χ0v) is 8.69. The number of carboxylic acids is 1. The van der Waals surface area contributed by atoms with E-state index in [0.717, 1.165) is 11.8 Å². The summed E-state index contributed by atoms with van der Waals surface area (Å²) in [4.78, 5) is 20.8. The molecule has 0 aromatic rings. The molecule has 13 heavy (non-hydrogen) atoms. The van der Waals surface area contributed by atoms with E-state index < -0.39 is 15.2 Å². The SMILES string of the molecule is CC(C#N)(CCC(=O)O)SC(=O)S. The van der Waals surface area contributed by atoms with Crippen LogP contribution >= 0.6 is 24.4 Å². The van der Waals surface area contributed by atoms with Gasteiger partial charge in [0.1, 0.15) is 4.75 Å². The first-order valence-corrected chi connectivity index (χ1v) is 4.71. The molecule has 0 aliphatic carbocycles. The Kier molecular flexibility index (Phi) is 4.88. The minimum atomic E-state index is -0.989. The van der Waals surface area contributed by atoms with E-state index in [1.54, 1.807) is 0 Å². The molecule has 0 saturated heterocycles. The number of carbonyl (C=O) groups excluding carboxylic acids is 1. The summed E-state index contributed by atoms with van der Waals surface area (Å²) in [5.41, 5.74) is 0. The normalized spacial score (nSPS) is 14.2. The van der Waals surface area contributed by atoms with E-state index in [9.17, 15) is 9.59 Å². The Balaban J connectivity index is 4.22. The molecule has 0 aromatic carbocycles. The van der Waals surface area contributed by atoms with E-state index in [4.69, 9.17) is 10.4 Å². The van der Waals surface area contributed by atoms with Crippen LogP contribution in [0.5, 0.6) is 0 Å². The maximum Gasteiger partial charge on any atom is 0.303 e. The molecule has 0 bridgehead atoms. The lowest BCUT2D eigenvalue weighted by atomic mass is 10.1. The van der Waals surface area contributed by atoms with Crippen molar-refractivity contribution in [1.29, 1.82) is 5.26 Å². The van der Waals surface area contributed by atoms with E-state index in [2.05, 4.69) is 12.6 Å². The molecule has 0 rings (SSSR count). The molecule has 0 aliphatic rings. The molecule has 0 aromatic heterocycles. The Hall–Kier alpha value is -0.670. The molecule has 0 saturated carbocycles. The van der Waals surface area contributed by atoms with Crippen LogP contribution in [0.2, 0.25) is 0 Å². The largest absolute Gasteiger partial charge is 0.481 e. The van der Waals surface area contributed by atoms with Crippen molar-refractivity contribution in [3.05, 3.63) is 0 Å². The smallest absolute Gasteiger partial charge is 0.303 e. The number of thioether (sulfide) groups is 1. The number of thiol groups is 1. The number of nitrogens with zero attached hydrogens (tertiary/aromatic N) is 1. The van der Waals surface area contributed by atoms with Crippen LogP contribution in [0.3, 0.4) is 0 Å². The second-order valence-corrected chi connectivity index (χ2v) is 4.79. The fourth-order valence-corrected chi connectivity index (χ4v) is 1.91. The van der Waals surface area contributed by atoms with Gasteiger partial charge >= 0.3 is 5.97 Å². The number of aliphatic carboxylic acids is 1. The Morgan fingerprint density at radius 2 is 2.23 bits per heavy atom. The predicted molar refractivity (Wildman–Crippen MR) is 52.9 cm³/mol. The van der Waals surface area contributed by atoms with Gasteiger partial charge < -0.3 is 5.11 Å². The first-order chi connectivity index (χ1) is 5.89. The van der Waals surface area contributed by atoms with Gasteiger partial charge in [-0.15, -0.1) is 0 Å². The third-order valence-electron chi connectivity index (χ3n) is 1.37. The quantitative estimate of drug-likeness (QED) is 0.706. The summed E-state index contributed by atoms with van der Waals surface area (Å²) >= 11 is 4.26. The van der Waals surface area contributed by atoms with Crippen molar-refractivity contribution in [3.63, 3.8) is 0 Å². The van der Waals surface area contributed by atoms with Gasteiger partial charge in [0.05, 0.1) is 6.07 Å². The number of hydrogen-bond donors (Lipinski definition) is 2.